The average Bonchev–Trinajstić information content (AvgIpc) is 3.04. The fraction of sp³-hybridized carbons (Fsp3) is 0.600. The van der Waals surface area contributed by atoms with Crippen LogP contribution >= 0.6 is 0 Å². The van der Waals surface area contributed by atoms with E-state index in [9.17, 15) is 14.4 Å². The zero-order chi connectivity index (χ0) is 23.4. The molecule has 2 N–H and O–H groups in total. The van der Waals surface area contributed by atoms with Crippen molar-refractivity contribution in [2.75, 3.05) is 18.4 Å². The molecule has 2 aliphatic rings. The first kappa shape index (κ1) is 23.4. The van der Waals surface area contributed by atoms with Crippen molar-refractivity contribution >= 4 is 28.4 Å². The highest BCUT2D eigenvalue weighted by atomic mass is 16.2. The minimum Gasteiger partial charge on any atom is -0.348 e. The number of likely N-dealkylation sites (tertiary alicyclic amines) is 1. The van der Waals surface area contributed by atoms with Crippen LogP contribution in [0.25, 0.3) is 10.9 Å². The Morgan fingerprint density at radius 2 is 1.85 bits per heavy atom. The van der Waals surface area contributed by atoms with Crippen LogP contribution in [0.1, 0.15) is 64.6 Å². The molecule has 1 fully saturated rings. The number of carbonyl (C=O) groups excluding carboxylic acids is 2. The van der Waals surface area contributed by atoms with Crippen LogP contribution in [0.4, 0.5) is 5.69 Å². The molecule has 0 radical (unpaired) electrons. The molecule has 178 valence electrons. The summed E-state index contributed by atoms with van der Waals surface area (Å²) in [6, 6.07) is 6.17. The van der Waals surface area contributed by atoms with Gasteiger partial charge in [-0.15, -0.1) is 0 Å². The molecular weight excluding hydrogens is 418 g/mol. The van der Waals surface area contributed by atoms with Crippen molar-refractivity contribution in [3.05, 3.63) is 34.4 Å². The molecule has 2 aliphatic heterocycles. The van der Waals surface area contributed by atoms with Gasteiger partial charge in [0.25, 0.3) is 5.56 Å². The van der Waals surface area contributed by atoms with Crippen molar-refractivity contribution in [2.24, 2.45) is 0 Å². The number of aromatic nitrogens is 2. The van der Waals surface area contributed by atoms with Crippen LogP contribution in [0.15, 0.2) is 23.0 Å². The Bertz CT molecular complexity index is 1070. The number of benzene rings is 1. The van der Waals surface area contributed by atoms with E-state index in [1.807, 2.05) is 0 Å². The van der Waals surface area contributed by atoms with Crippen LogP contribution in [0.3, 0.4) is 0 Å². The zero-order valence-electron chi connectivity index (χ0n) is 19.7. The van der Waals surface area contributed by atoms with Crippen LogP contribution < -0.4 is 16.2 Å². The van der Waals surface area contributed by atoms with Gasteiger partial charge in [0.1, 0.15) is 5.82 Å². The quantitative estimate of drug-likeness (QED) is 0.536. The molecule has 0 saturated carbocycles. The van der Waals surface area contributed by atoms with Gasteiger partial charge >= 0.3 is 11.8 Å². The van der Waals surface area contributed by atoms with E-state index < -0.39 is 11.8 Å². The topological polar surface area (TPSA) is 96.3 Å². The van der Waals surface area contributed by atoms with Gasteiger partial charge in [-0.05, 0) is 64.2 Å². The van der Waals surface area contributed by atoms with E-state index in [1.54, 1.807) is 22.8 Å². The van der Waals surface area contributed by atoms with Crippen LogP contribution in [0.5, 0.6) is 0 Å². The summed E-state index contributed by atoms with van der Waals surface area (Å²) in [7, 11) is 0. The third-order valence-electron chi connectivity index (χ3n) is 7.03. The van der Waals surface area contributed by atoms with Gasteiger partial charge in [-0.3, -0.25) is 23.9 Å². The van der Waals surface area contributed by atoms with E-state index in [0.29, 0.717) is 41.8 Å². The van der Waals surface area contributed by atoms with Gasteiger partial charge in [-0.25, -0.2) is 4.98 Å². The number of aryl methyl sites for hydroxylation is 1. The number of nitrogens with one attached hydrogen (secondary N) is 2. The third kappa shape index (κ3) is 5.43. The molecule has 1 saturated heterocycles. The maximum absolute atomic E-state index is 13.0. The van der Waals surface area contributed by atoms with Gasteiger partial charge in [-0.1, -0.05) is 12.8 Å². The van der Waals surface area contributed by atoms with E-state index in [4.69, 9.17) is 0 Å². The third-order valence-corrected chi connectivity index (χ3v) is 7.03. The van der Waals surface area contributed by atoms with Crippen molar-refractivity contribution in [3.63, 3.8) is 0 Å². The van der Waals surface area contributed by atoms with E-state index >= 15 is 0 Å². The van der Waals surface area contributed by atoms with Crippen LogP contribution in [-0.2, 0) is 22.6 Å². The minimum absolute atomic E-state index is 0.0846. The second-order valence-corrected chi connectivity index (χ2v) is 9.46. The van der Waals surface area contributed by atoms with Gasteiger partial charge in [0.05, 0.1) is 10.9 Å². The molecule has 4 rings (SSSR count). The molecule has 8 heteroatoms. The van der Waals surface area contributed by atoms with Crippen LogP contribution in [0, 0.1) is 0 Å². The second-order valence-electron chi connectivity index (χ2n) is 9.46. The maximum Gasteiger partial charge on any atom is 0.313 e. The number of hydrogen-bond donors (Lipinski definition) is 2. The Hall–Kier alpha value is -2.74. The highest BCUT2D eigenvalue weighted by Gasteiger charge is 2.24. The normalized spacial score (nSPS) is 21.3. The van der Waals surface area contributed by atoms with E-state index in [1.165, 1.54) is 19.3 Å². The standard InChI is InChI=1S/C25H35N5O3/c1-17-8-6-9-18(2)29(17)15-7-13-26-23(31)24(32)27-19-11-12-21-20(16-19)25(33)30-14-5-3-4-10-22(30)28-21/h11-12,16-18H,3-10,13-15H2,1-2H3,(H,26,31)(H,27,32)/t17-,18+. The van der Waals surface area contributed by atoms with E-state index in [0.717, 1.165) is 44.5 Å². The molecule has 1 aromatic carbocycles. The first-order valence-electron chi connectivity index (χ1n) is 12.3. The van der Waals surface area contributed by atoms with Gasteiger partial charge in [-0.2, -0.15) is 0 Å². The Kier molecular flexibility index (Phi) is 7.42. The number of piperidine rings is 1. The Balaban J connectivity index is 1.33. The molecule has 0 unspecified atom stereocenters. The predicted octanol–water partition coefficient (Wildman–Crippen LogP) is 2.83. The van der Waals surface area contributed by atoms with E-state index in [2.05, 4.69) is 34.4 Å². The summed E-state index contributed by atoms with van der Waals surface area (Å²) in [6.45, 7) is 6.55. The van der Waals surface area contributed by atoms with Crippen molar-refractivity contribution in [1.29, 1.82) is 0 Å². The molecule has 3 heterocycles. The number of fused-ring (bicyclic) bond motifs is 2. The summed E-state index contributed by atoms with van der Waals surface area (Å²) in [5.41, 5.74) is 0.960. The molecule has 8 nitrogen and oxygen atoms in total. The molecule has 2 atom stereocenters. The number of nitrogens with zero attached hydrogens (tertiary/aromatic N) is 3. The fourth-order valence-electron chi connectivity index (χ4n) is 5.14. The molecular formula is C25H35N5O3. The monoisotopic (exact) mass is 453 g/mol. The van der Waals surface area contributed by atoms with Gasteiger partial charge < -0.3 is 10.6 Å². The summed E-state index contributed by atoms with van der Waals surface area (Å²) in [4.78, 5) is 44.8. The lowest BCUT2D eigenvalue weighted by molar-refractivity contribution is -0.136. The minimum atomic E-state index is -0.725. The zero-order valence-corrected chi connectivity index (χ0v) is 19.7. The number of hydrogen-bond acceptors (Lipinski definition) is 5. The number of anilines is 1. The average molecular weight is 454 g/mol. The van der Waals surface area contributed by atoms with Crippen molar-refractivity contribution in [3.8, 4) is 0 Å². The lowest BCUT2D eigenvalue weighted by Crippen LogP contribution is -2.45. The smallest absolute Gasteiger partial charge is 0.313 e. The lowest BCUT2D eigenvalue weighted by Gasteiger charge is -2.39. The number of carbonyl (C=O) groups is 2. The first-order chi connectivity index (χ1) is 15.9. The van der Waals surface area contributed by atoms with E-state index in [-0.39, 0.29) is 5.56 Å². The molecule has 1 aromatic heterocycles. The Morgan fingerprint density at radius 3 is 2.64 bits per heavy atom. The fourth-order valence-corrected chi connectivity index (χ4v) is 5.14. The maximum atomic E-state index is 13.0. The molecule has 2 aromatic rings. The molecule has 0 spiro atoms. The Labute approximate surface area is 194 Å². The molecule has 0 bridgehead atoms. The predicted molar refractivity (Wildman–Crippen MR) is 129 cm³/mol. The summed E-state index contributed by atoms with van der Waals surface area (Å²) < 4.78 is 1.75. The lowest BCUT2D eigenvalue weighted by atomic mass is 9.97. The molecule has 2 amide bonds. The van der Waals surface area contributed by atoms with Crippen molar-refractivity contribution < 1.29 is 9.59 Å². The SMILES string of the molecule is C[C@@H]1CCC[C@H](C)N1CCCNC(=O)C(=O)Nc1ccc2nc3n(c(=O)c2c1)CCCCC3. The number of amides is 2. The van der Waals surface area contributed by atoms with Gasteiger partial charge in [0, 0.05) is 43.8 Å². The second kappa shape index (κ2) is 10.5. The molecule has 0 aliphatic carbocycles. The van der Waals surface area contributed by atoms with Crippen LogP contribution in [0.2, 0.25) is 0 Å². The van der Waals surface area contributed by atoms with Gasteiger partial charge in [0.2, 0.25) is 0 Å². The highest BCUT2D eigenvalue weighted by Crippen LogP contribution is 2.22. The summed E-state index contributed by atoms with van der Waals surface area (Å²) in [5.74, 6) is -0.557. The first-order valence-corrected chi connectivity index (χ1v) is 12.3. The van der Waals surface area contributed by atoms with Crippen molar-refractivity contribution in [1.82, 2.24) is 19.8 Å². The van der Waals surface area contributed by atoms with Crippen LogP contribution in [-0.4, -0.2) is 51.4 Å². The summed E-state index contributed by atoms with van der Waals surface area (Å²) >= 11 is 0. The highest BCUT2D eigenvalue weighted by molar-refractivity contribution is 6.39. The summed E-state index contributed by atoms with van der Waals surface area (Å²) in [5, 5.41) is 5.79. The Morgan fingerprint density at radius 1 is 1.06 bits per heavy atom. The largest absolute Gasteiger partial charge is 0.348 e. The van der Waals surface area contributed by atoms with Gasteiger partial charge in [0.15, 0.2) is 0 Å². The number of rotatable bonds is 5. The molecule has 33 heavy (non-hydrogen) atoms. The van der Waals surface area contributed by atoms with Crippen molar-refractivity contribution in [2.45, 2.75) is 83.8 Å². The summed E-state index contributed by atoms with van der Waals surface area (Å²) in [6.07, 6.45) is 8.40.